The molecule has 0 aromatic carbocycles. The lowest BCUT2D eigenvalue weighted by atomic mass is 10.0. The molecule has 0 aromatic rings. The van der Waals surface area contributed by atoms with Gasteiger partial charge in [-0.05, 0) is 25.7 Å². The van der Waals surface area contributed by atoms with Crippen LogP contribution < -0.4 is 0 Å². The monoisotopic (exact) mass is 250 g/mol. The number of aliphatic hydroxyl groups is 4. The van der Waals surface area contributed by atoms with Gasteiger partial charge in [-0.2, -0.15) is 0 Å². The van der Waals surface area contributed by atoms with Crippen molar-refractivity contribution in [3.63, 3.8) is 0 Å². The molecule has 104 valence electrons. The molecular weight excluding hydrogens is 224 g/mol. The molecule has 3 atom stereocenters. The highest BCUT2D eigenvalue weighted by atomic mass is 16.5. The summed E-state index contributed by atoms with van der Waals surface area (Å²) < 4.78 is 5.35. The minimum Gasteiger partial charge on any atom is -0.394 e. The fourth-order valence-electron chi connectivity index (χ4n) is 1.44. The predicted octanol–water partition coefficient (Wildman–Crippen LogP) is 0.0484. The van der Waals surface area contributed by atoms with E-state index in [2.05, 4.69) is 6.92 Å². The van der Waals surface area contributed by atoms with Crippen LogP contribution >= 0.6 is 0 Å². The van der Waals surface area contributed by atoms with E-state index < -0.39 is 24.9 Å². The fourth-order valence-corrected chi connectivity index (χ4v) is 1.44. The molecule has 5 nitrogen and oxygen atoms in total. The van der Waals surface area contributed by atoms with Crippen LogP contribution in [0.4, 0.5) is 0 Å². The summed E-state index contributed by atoms with van der Waals surface area (Å²) in [7, 11) is 0. The highest BCUT2D eigenvalue weighted by molar-refractivity contribution is 4.74. The van der Waals surface area contributed by atoms with Crippen molar-refractivity contribution in [3.05, 3.63) is 0 Å². The van der Waals surface area contributed by atoms with Gasteiger partial charge in [-0.1, -0.05) is 13.3 Å². The molecule has 5 heteroatoms. The molecule has 0 aliphatic heterocycles. The molecule has 0 amide bonds. The fraction of sp³-hybridized carbons (Fsp3) is 1.00. The van der Waals surface area contributed by atoms with Crippen molar-refractivity contribution < 1.29 is 25.2 Å². The van der Waals surface area contributed by atoms with Crippen LogP contribution in [0.5, 0.6) is 0 Å². The van der Waals surface area contributed by atoms with E-state index in [9.17, 15) is 10.2 Å². The summed E-state index contributed by atoms with van der Waals surface area (Å²) >= 11 is 0. The van der Waals surface area contributed by atoms with Crippen molar-refractivity contribution in [2.45, 2.75) is 57.3 Å². The first kappa shape index (κ1) is 16.8. The molecule has 0 aliphatic rings. The van der Waals surface area contributed by atoms with Gasteiger partial charge >= 0.3 is 0 Å². The van der Waals surface area contributed by atoms with E-state index in [1.165, 1.54) is 0 Å². The van der Waals surface area contributed by atoms with Crippen molar-refractivity contribution in [1.29, 1.82) is 0 Å². The number of rotatable bonds is 11. The molecule has 0 rings (SSSR count). The number of ether oxygens (including phenoxy) is 1. The minimum absolute atomic E-state index is 0.398. The van der Waals surface area contributed by atoms with Crippen LogP contribution in [-0.2, 0) is 4.74 Å². The van der Waals surface area contributed by atoms with Gasteiger partial charge in [-0.25, -0.2) is 0 Å². The Labute approximate surface area is 103 Å². The van der Waals surface area contributed by atoms with Gasteiger partial charge in [0.2, 0.25) is 0 Å². The predicted molar refractivity (Wildman–Crippen MR) is 64.7 cm³/mol. The Hall–Kier alpha value is -0.200. The quantitative estimate of drug-likeness (QED) is 0.389. The van der Waals surface area contributed by atoms with Crippen LogP contribution in [-0.4, -0.2) is 58.6 Å². The first-order valence-corrected chi connectivity index (χ1v) is 6.36. The lowest BCUT2D eigenvalue weighted by Gasteiger charge is -2.21. The Bertz CT molecular complexity index is 165. The zero-order chi connectivity index (χ0) is 13.1. The van der Waals surface area contributed by atoms with Crippen LogP contribution in [0, 0.1) is 0 Å². The van der Waals surface area contributed by atoms with E-state index >= 15 is 0 Å². The smallest absolute Gasteiger partial charge is 0.108 e. The maximum atomic E-state index is 9.50. The summed E-state index contributed by atoms with van der Waals surface area (Å²) in [6.45, 7) is 2.99. The van der Waals surface area contributed by atoms with Crippen LogP contribution in [0.25, 0.3) is 0 Å². The Morgan fingerprint density at radius 3 is 2.18 bits per heavy atom. The molecular formula is C12H26O5. The van der Waals surface area contributed by atoms with Gasteiger partial charge in [0.05, 0.1) is 12.7 Å². The summed E-state index contributed by atoms with van der Waals surface area (Å²) in [5.74, 6) is 0. The first-order valence-electron chi connectivity index (χ1n) is 6.36. The van der Waals surface area contributed by atoms with Crippen molar-refractivity contribution >= 4 is 0 Å². The molecule has 0 saturated heterocycles. The molecule has 0 fully saturated rings. The summed E-state index contributed by atoms with van der Waals surface area (Å²) in [4.78, 5) is 0. The second kappa shape index (κ2) is 10.9. The van der Waals surface area contributed by atoms with Crippen LogP contribution in [0.1, 0.15) is 39.0 Å². The molecule has 4 N–H and O–H groups in total. The second-order valence-corrected chi connectivity index (χ2v) is 4.27. The van der Waals surface area contributed by atoms with Gasteiger partial charge < -0.3 is 25.2 Å². The Kier molecular flexibility index (Phi) is 10.8. The molecule has 3 unspecified atom stereocenters. The van der Waals surface area contributed by atoms with Crippen molar-refractivity contribution in [3.8, 4) is 0 Å². The average Bonchev–Trinajstić information content (AvgIpc) is 2.35. The van der Waals surface area contributed by atoms with E-state index in [0.29, 0.717) is 13.0 Å². The highest BCUT2D eigenvalue weighted by Crippen LogP contribution is 2.08. The van der Waals surface area contributed by atoms with Crippen molar-refractivity contribution in [2.24, 2.45) is 0 Å². The molecule has 0 aromatic heterocycles. The molecule has 0 spiro atoms. The summed E-state index contributed by atoms with van der Waals surface area (Å²) in [5, 5.41) is 36.6. The van der Waals surface area contributed by atoms with Gasteiger partial charge in [0.25, 0.3) is 0 Å². The number of hydrogen-bond acceptors (Lipinski definition) is 5. The Balaban J connectivity index is 3.41. The van der Waals surface area contributed by atoms with E-state index in [0.717, 1.165) is 32.3 Å². The van der Waals surface area contributed by atoms with Gasteiger partial charge in [0.1, 0.15) is 12.2 Å². The SMILES string of the molecule is CCCCOCCCCC(O)C(O)C(O)CO. The normalized spacial score (nSPS) is 16.8. The first-order chi connectivity index (χ1) is 8.13. The molecule has 0 heterocycles. The third kappa shape index (κ3) is 8.51. The highest BCUT2D eigenvalue weighted by Gasteiger charge is 2.23. The van der Waals surface area contributed by atoms with Crippen LogP contribution in [0.3, 0.4) is 0 Å². The van der Waals surface area contributed by atoms with Gasteiger partial charge in [-0.3, -0.25) is 0 Å². The van der Waals surface area contributed by atoms with Gasteiger partial charge in [-0.15, -0.1) is 0 Å². The summed E-state index contributed by atoms with van der Waals surface area (Å²) in [6, 6.07) is 0. The summed E-state index contributed by atoms with van der Waals surface area (Å²) in [6.07, 6.45) is 0.578. The topological polar surface area (TPSA) is 90.2 Å². The molecule has 0 bridgehead atoms. The zero-order valence-corrected chi connectivity index (χ0v) is 10.6. The standard InChI is InChI=1S/C12H26O5/c1-2-3-7-17-8-5-4-6-10(14)12(16)11(15)9-13/h10-16H,2-9H2,1H3. The molecule has 0 saturated carbocycles. The van der Waals surface area contributed by atoms with E-state index in [4.69, 9.17) is 14.9 Å². The largest absolute Gasteiger partial charge is 0.394 e. The maximum absolute atomic E-state index is 9.50. The van der Waals surface area contributed by atoms with Crippen LogP contribution in [0.2, 0.25) is 0 Å². The lowest BCUT2D eigenvalue weighted by molar-refractivity contribution is -0.0790. The Morgan fingerprint density at radius 2 is 1.59 bits per heavy atom. The number of aliphatic hydroxyl groups excluding tert-OH is 4. The third-order valence-corrected chi connectivity index (χ3v) is 2.66. The number of unbranched alkanes of at least 4 members (excludes halogenated alkanes) is 2. The van der Waals surface area contributed by atoms with Crippen LogP contribution in [0.15, 0.2) is 0 Å². The third-order valence-electron chi connectivity index (χ3n) is 2.66. The van der Waals surface area contributed by atoms with Crippen molar-refractivity contribution in [1.82, 2.24) is 0 Å². The van der Waals surface area contributed by atoms with Crippen molar-refractivity contribution in [2.75, 3.05) is 19.8 Å². The van der Waals surface area contributed by atoms with E-state index in [1.54, 1.807) is 0 Å². The average molecular weight is 250 g/mol. The molecule has 0 radical (unpaired) electrons. The van der Waals surface area contributed by atoms with E-state index in [1.807, 2.05) is 0 Å². The molecule has 0 aliphatic carbocycles. The van der Waals surface area contributed by atoms with Gasteiger partial charge in [0.15, 0.2) is 0 Å². The second-order valence-electron chi connectivity index (χ2n) is 4.27. The Morgan fingerprint density at radius 1 is 0.941 bits per heavy atom. The lowest BCUT2D eigenvalue weighted by Crippen LogP contribution is -2.39. The van der Waals surface area contributed by atoms with Gasteiger partial charge in [0, 0.05) is 13.2 Å². The maximum Gasteiger partial charge on any atom is 0.108 e. The summed E-state index contributed by atoms with van der Waals surface area (Å²) in [5.41, 5.74) is 0. The zero-order valence-electron chi connectivity index (χ0n) is 10.6. The minimum atomic E-state index is -1.28. The van der Waals surface area contributed by atoms with E-state index in [-0.39, 0.29) is 0 Å². The molecule has 17 heavy (non-hydrogen) atoms. The number of hydrogen-bond donors (Lipinski definition) is 4.